The maximum atomic E-state index is 11.5. The number of nitrogens with zero attached hydrogens (tertiary/aromatic N) is 2. The van der Waals surface area contributed by atoms with E-state index in [1.165, 1.54) is 12.1 Å². The Morgan fingerprint density at radius 1 is 1.07 bits per heavy atom. The van der Waals surface area contributed by atoms with Crippen LogP contribution in [-0.4, -0.2) is 49.1 Å². The van der Waals surface area contributed by atoms with Crippen LogP contribution in [0.4, 0.5) is 11.4 Å². The molecule has 1 aliphatic rings. The summed E-state index contributed by atoms with van der Waals surface area (Å²) in [5.74, 6) is 1.46. The van der Waals surface area contributed by atoms with Gasteiger partial charge in [-0.25, -0.2) is 0 Å². The third kappa shape index (κ3) is 5.20. The van der Waals surface area contributed by atoms with Gasteiger partial charge in [-0.2, -0.15) is 0 Å². The molecule has 28 heavy (non-hydrogen) atoms. The summed E-state index contributed by atoms with van der Waals surface area (Å²) in [7, 11) is 1.98. The Morgan fingerprint density at radius 3 is 2.50 bits per heavy atom. The summed E-state index contributed by atoms with van der Waals surface area (Å²) in [5, 5.41) is 13.5. The number of likely N-dealkylation sites (N-methyl/N-ethyl adjacent to an activating group) is 1. The molecular weight excluding hydrogens is 362 g/mol. The summed E-state index contributed by atoms with van der Waals surface area (Å²) >= 11 is 0. The Kier molecular flexibility index (Phi) is 6.44. The minimum absolute atomic E-state index is 0.0393. The third-order valence-corrected chi connectivity index (χ3v) is 4.53. The van der Waals surface area contributed by atoms with Gasteiger partial charge in [0.2, 0.25) is 5.91 Å². The van der Waals surface area contributed by atoms with E-state index in [0.29, 0.717) is 38.3 Å². The van der Waals surface area contributed by atoms with Gasteiger partial charge in [0, 0.05) is 42.9 Å². The molecule has 0 atom stereocenters. The van der Waals surface area contributed by atoms with E-state index < -0.39 is 4.92 Å². The van der Waals surface area contributed by atoms with Crippen molar-refractivity contribution < 1.29 is 19.2 Å². The standard InChI is InChI=1S/C20H23N3O5/c1-22(11-13-27-16-7-5-15(6-8-16)23(25)26)12-14-28-19-4-2-3-18-17(19)9-10-20(24)21-18/h2-8H,9-14H2,1H3,(H,21,24). The van der Waals surface area contributed by atoms with E-state index in [1.54, 1.807) is 12.1 Å². The number of non-ortho nitro benzene ring substituents is 1. The average Bonchev–Trinajstić information content (AvgIpc) is 2.68. The van der Waals surface area contributed by atoms with Crippen LogP contribution < -0.4 is 14.8 Å². The number of hydrogen-bond acceptors (Lipinski definition) is 6. The van der Waals surface area contributed by atoms with Gasteiger partial charge in [-0.3, -0.25) is 19.8 Å². The van der Waals surface area contributed by atoms with Crippen molar-refractivity contribution in [3.05, 3.63) is 58.1 Å². The molecule has 0 aromatic heterocycles. The first kappa shape index (κ1) is 19.6. The first-order valence-electron chi connectivity index (χ1n) is 9.13. The van der Waals surface area contributed by atoms with E-state index in [4.69, 9.17) is 9.47 Å². The van der Waals surface area contributed by atoms with Crippen molar-refractivity contribution in [1.29, 1.82) is 0 Å². The average molecular weight is 385 g/mol. The Bertz CT molecular complexity index is 838. The van der Waals surface area contributed by atoms with E-state index in [-0.39, 0.29) is 11.6 Å². The fraction of sp³-hybridized carbons (Fsp3) is 0.350. The lowest BCUT2D eigenvalue weighted by molar-refractivity contribution is -0.384. The molecule has 1 amide bonds. The van der Waals surface area contributed by atoms with Crippen LogP contribution >= 0.6 is 0 Å². The second-order valence-electron chi connectivity index (χ2n) is 6.58. The number of fused-ring (bicyclic) bond motifs is 1. The summed E-state index contributed by atoms with van der Waals surface area (Å²) in [6, 6.07) is 11.7. The first-order chi connectivity index (χ1) is 13.5. The van der Waals surface area contributed by atoms with Gasteiger partial charge in [0.25, 0.3) is 5.69 Å². The molecule has 1 heterocycles. The molecule has 8 nitrogen and oxygen atoms in total. The normalized spacial score (nSPS) is 13.0. The van der Waals surface area contributed by atoms with Crippen LogP contribution in [0, 0.1) is 10.1 Å². The maximum Gasteiger partial charge on any atom is 0.269 e. The summed E-state index contributed by atoms with van der Waals surface area (Å²) in [4.78, 5) is 23.8. The monoisotopic (exact) mass is 385 g/mol. The largest absolute Gasteiger partial charge is 0.492 e. The van der Waals surface area contributed by atoms with Gasteiger partial charge in [-0.15, -0.1) is 0 Å². The lowest BCUT2D eigenvalue weighted by Crippen LogP contribution is -2.29. The molecule has 0 unspecified atom stereocenters. The number of carbonyl (C=O) groups is 1. The van der Waals surface area contributed by atoms with Crippen LogP contribution in [-0.2, 0) is 11.2 Å². The molecule has 0 bridgehead atoms. The van der Waals surface area contributed by atoms with Gasteiger partial charge in [0.1, 0.15) is 24.7 Å². The number of rotatable bonds is 9. The number of nitro benzene ring substituents is 1. The summed E-state index contributed by atoms with van der Waals surface area (Å²) in [6.45, 7) is 2.42. The second kappa shape index (κ2) is 9.18. The highest BCUT2D eigenvalue weighted by atomic mass is 16.6. The minimum Gasteiger partial charge on any atom is -0.492 e. The molecule has 148 valence electrons. The third-order valence-electron chi connectivity index (χ3n) is 4.53. The molecule has 1 N–H and O–H groups in total. The molecule has 2 aromatic carbocycles. The summed E-state index contributed by atoms with van der Waals surface area (Å²) < 4.78 is 11.5. The van der Waals surface area contributed by atoms with Crippen molar-refractivity contribution >= 4 is 17.3 Å². The molecule has 3 rings (SSSR count). The van der Waals surface area contributed by atoms with Crippen molar-refractivity contribution in [2.75, 3.05) is 38.7 Å². The number of nitro groups is 1. The van der Waals surface area contributed by atoms with Gasteiger partial charge in [-0.05, 0) is 37.7 Å². The maximum absolute atomic E-state index is 11.5. The molecule has 0 saturated heterocycles. The molecule has 8 heteroatoms. The smallest absolute Gasteiger partial charge is 0.269 e. The van der Waals surface area contributed by atoms with Crippen LogP contribution in [0.25, 0.3) is 0 Å². The zero-order chi connectivity index (χ0) is 19.9. The zero-order valence-corrected chi connectivity index (χ0v) is 15.7. The number of benzene rings is 2. The number of ether oxygens (including phenoxy) is 2. The van der Waals surface area contributed by atoms with E-state index in [1.807, 2.05) is 25.2 Å². The summed E-state index contributed by atoms with van der Waals surface area (Å²) in [5.41, 5.74) is 1.93. The van der Waals surface area contributed by atoms with Gasteiger partial charge in [0.05, 0.1) is 4.92 Å². The van der Waals surface area contributed by atoms with Crippen LogP contribution in [0.15, 0.2) is 42.5 Å². The van der Waals surface area contributed by atoms with E-state index >= 15 is 0 Å². The molecule has 1 aliphatic heterocycles. The topological polar surface area (TPSA) is 93.9 Å². The number of carbonyl (C=O) groups excluding carboxylic acids is 1. The van der Waals surface area contributed by atoms with Gasteiger partial charge < -0.3 is 14.8 Å². The van der Waals surface area contributed by atoms with Crippen LogP contribution in [0.2, 0.25) is 0 Å². The van der Waals surface area contributed by atoms with Crippen molar-refractivity contribution in [3.8, 4) is 11.5 Å². The van der Waals surface area contributed by atoms with Crippen LogP contribution in [0.5, 0.6) is 11.5 Å². The van der Waals surface area contributed by atoms with E-state index in [0.717, 1.165) is 23.5 Å². The van der Waals surface area contributed by atoms with E-state index in [9.17, 15) is 14.9 Å². The Hall–Kier alpha value is -3.13. The fourth-order valence-corrected chi connectivity index (χ4v) is 2.93. The SMILES string of the molecule is CN(CCOc1ccc([N+](=O)[O-])cc1)CCOc1cccc2c1CCC(=O)N2. The Balaban J connectivity index is 1.39. The van der Waals surface area contributed by atoms with Gasteiger partial charge >= 0.3 is 0 Å². The Morgan fingerprint density at radius 2 is 1.79 bits per heavy atom. The Labute approximate surface area is 163 Å². The van der Waals surface area contributed by atoms with Crippen molar-refractivity contribution in [2.24, 2.45) is 0 Å². The lowest BCUT2D eigenvalue weighted by atomic mass is 10.0. The highest BCUT2D eigenvalue weighted by Gasteiger charge is 2.18. The number of amides is 1. The number of hydrogen-bond donors (Lipinski definition) is 1. The molecule has 0 fully saturated rings. The molecule has 0 radical (unpaired) electrons. The van der Waals surface area contributed by atoms with Gasteiger partial charge in [0.15, 0.2) is 0 Å². The molecule has 2 aromatic rings. The fourth-order valence-electron chi connectivity index (χ4n) is 2.93. The highest BCUT2D eigenvalue weighted by molar-refractivity contribution is 5.94. The van der Waals surface area contributed by atoms with Crippen LogP contribution in [0.1, 0.15) is 12.0 Å². The summed E-state index contributed by atoms with van der Waals surface area (Å²) in [6.07, 6.45) is 1.17. The molecular formula is C20H23N3O5. The van der Waals surface area contributed by atoms with Crippen molar-refractivity contribution in [2.45, 2.75) is 12.8 Å². The van der Waals surface area contributed by atoms with Crippen LogP contribution in [0.3, 0.4) is 0 Å². The number of anilines is 1. The minimum atomic E-state index is -0.435. The van der Waals surface area contributed by atoms with Crippen molar-refractivity contribution in [1.82, 2.24) is 4.90 Å². The lowest BCUT2D eigenvalue weighted by Gasteiger charge is -2.21. The molecule has 0 saturated carbocycles. The number of nitrogens with one attached hydrogen (secondary N) is 1. The molecule has 0 aliphatic carbocycles. The first-order valence-corrected chi connectivity index (χ1v) is 9.13. The second-order valence-corrected chi connectivity index (χ2v) is 6.58. The zero-order valence-electron chi connectivity index (χ0n) is 15.7. The highest BCUT2D eigenvalue weighted by Crippen LogP contribution is 2.30. The molecule has 0 spiro atoms. The van der Waals surface area contributed by atoms with Gasteiger partial charge in [-0.1, -0.05) is 6.07 Å². The predicted octanol–water partition coefficient (Wildman–Crippen LogP) is 2.87. The van der Waals surface area contributed by atoms with Crippen molar-refractivity contribution in [3.63, 3.8) is 0 Å². The predicted molar refractivity (Wildman–Crippen MR) is 105 cm³/mol. The van der Waals surface area contributed by atoms with E-state index in [2.05, 4.69) is 10.2 Å². The quantitative estimate of drug-likeness (QED) is 0.527.